The molecule has 0 bridgehead atoms. The molecule has 12 heavy (non-hydrogen) atoms. The van der Waals surface area contributed by atoms with E-state index in [1.807, 2.05) is 0 Å². The summed E-state index contributed by atoms with van der Waals surface area (Å²) in [4.78, 5) is 0. The van der Waals surface area contributed by atoms with E-state index in [-0.39, 0.29) is 6.10 Å². The summed E-state index contributed by atoms with van der Waals surface area (Å²) in [5.74, 6) is 3.35. The molecule has 1 rings (SSSR count). The van der Waals surface area contributed by atoms with Crippen LogP contribution in [0.2, 0.25) is 0 Å². The van der Waals surface area contributed by atoms with Gasteiger partial charge in [-0.15, -0.1) is 12.3 Å². The molecule has 0 saturated heterocycles. The molecule has 0 radical (unpaired) electrons. The lowest BCUT2D eigenvalue weighted by Crippen LogP contribution is -2.10. The van der Waals surface area contributed by atoms with E-state index < -0.39 is 0 Å². The summed E-state index contributed by atoms with van der Waals surface area (Å²) in [5, 5.41) is 9.51. The molecule has 0 aromatic carbocycles. The Hall–Kier alpha value is -0.480. The predicted molar refractivity (Wildman–Crippen MR) is 50.6 cm³/mol. The molecule has 0 aromatic heterocycles. The Morgan fingerprint density at radius 2 is 2.08 bits per heavy atom. The summed E-state index contributed by atoms with van der Waals surface area (Å²) in [7, 11) is 0. The molecule has 1 aliphatic carbocycles. The summed E-state index contributed by atoms with van der Waals surface area (Å²) in [6.07, 6.45) is 12.8. The molecule has 1 nitrogen and oxygen atoms in total. The van der Waals surface area contributed by atoms with Gasteiger partial charge in [-0.05, 0) is 25.2 Å². The van der Waals surface area contributed by atoms with Gasteiger partial charge in [0.15, 0.2) is 0 Å². The Morgan fingerprint density at radius 3 is 2.83 bits per heavy atom. The topological polar surface area (TPSA) is 20.2 Å². The van der Waals surface area contributed by atoms with Crippen LogP contribution < -0.4 is 0 Å². The first kappa shape index (κ1) is 9.61. The van der Waals surface area contributed by atoms with E-state index in [2.05, 4.69) is 5.92 Å². The van der Waals surface area contributed by atoms with E-state index in [1.165, 1.54) is 19.3 Å². The van der Waals surface area contributed by atoms with Gasteiger partial charge in [-0.3, -0.25) is 0 Å². The van der Waals surface area contributed by atoms with Crippen LogP contribution in [-0.2, 0) is 0 Å². The fraction of sp³-hybridized carbons (Fsp3) is 0.818. The molecule has 1 N–H and O–H groups in total. The fourth-order valence-corrected chi connectivity index (χ4v) is 1.98. The standard InChI is InChI=1S/C11H18O/c1-2-3-6-10-7-4-5-8-11(12)9-10/h1,10-12H,3-9H2. The molecule has 2 unspecified atom stereocenters. The van der Waals surface area contributed by atoms with Gasteiger partial charge in [-0.25, -0.2) is 0 Å². The van der Waals surface area contributed by atoms with E-state index >= 15 is 0 Å². The Morgan fingerprint density at radius 1 is 1.33 bits per heavy atom. The highest BCUT2D eigenvalue weighted by Crippen LogP contribution is 2.26. The van der Waals surface area contributed by atoms with Gasteiger partial charge in [-0.1, -0.05) is 19.3 Å². The van der Waals surface area contributed by atoms with E-state index in [4.69, 9.17) is 6.42 Å². The van der Waals surface area contributed by atoms with E-state index in [9.17, 15) is 5.11 Å². The molecule has 1 aliphatic rings. The minimum absolute atomic E-state index is 0.0599. The van der Waals surface area contributed by atoms with E-state index in [0.29, 0.717) is 5.92 Å². The van der Waals surface area contributed by atoms with Crippen LogP contribution >= 0.6 is 0 Å². The van der Waals surface area contributed by atoms with Crippen LogP contribution in [0.4, 0.5) is 0 Å². The molecule has 1 heteroatoms. The maximum atomic E-state index is 9.51. The van der Waals surface area contributed by atoms with Crippen molar-refractivity contribution in [2.75, 3.05) is 0 Å². The number of terminal acetylenes is 1. The Bertz CT molecular complexity index is 157. The second kappa shape index (κ2) is 5.22. The van der Waals surface area contributed by atoms with Gasteiger partial charge < -0.3 is 5.11 Å². The molecular formula is C11H18O. The smallest absolute Gasteiger partial charge is 0.0542 e. The van der Waals surface area contributed by atoms with Crippen molar-refractivity contribution in [1.29, 1.82) is 0 Å². The first-order valence-electron chi connectivity index (χ1n) is 4.94. The van der Waals surface area contributed by atoms with Crippen molar-refractivity contribution in [2.45, 2.75) is 51.0 Å². The van der Waals surface area contributed by atoms with Crippen molar-refractivity contribution in [3.8, 4) is 12.3 Å². The summed E-state index contributed by atoms with van der Waals surface area (Å²) in [6, 6.07) is 0. The monoisotopic (exact) mass is 166 g/mol. The van der Waals surface area contributed by atoms with Gasteiger partial charge in [0.2, 0.25) is 0 Å². The number of aliphatic hydroxyl groups excluding tert-OH is 1. The minimum Gasteiger partial charge on any atom is -0.393 e. The Balaban J connectivity index is 2.27. The molecule has 2 atom stereocenters. The van der Waals surface area contributed by atoms with Crippen LogP contribution in [0.15, 0.2) is 0 Å². The zero-order valence-electron chi connectivity index (χ0n) is 7.63. The Labute approximate surface area is 75.2 Å². The van der Waals surface area contributed by atoms with Gasteiger partial charge in [0.05, 0.1) is 6.10 Å². The van der Waals surface area contributed by atoms with Crippen LogP contribution in [0.25, 0.3) is 0 Å². The lowest BCUT2D eigenvalue weighted by Gasteiger charge is -2.14. The van der Waals surface area contributed by atoms with Gasteiger partial charge in [0.25, 0.3) is 0 Å². The highest BCUT2D eigenvalue weighted by Gasteiger charge is 2.17. The summed E-state index contributed by atoms with van der Waals surface area (Å²) in [5.41, 5.74) is 0. The summed E-state index contributed by atoms with van der Waals surface area (Å²) in [6.45, 7) is 0. The maximum absolute atomic E-state index is 9.51. The second-order valence-corrected chi connectivity index (χ2v) is 3.78. The highest BCUT2D eigenvalue weighted by atomic mass is 16.3. The third-order valence-corrected chi connectivity index (χ3v) is 2.70. The second-order valence-electron chi connectivity index (χ2n) is 3.78. The van der Waals surface area contributed by atoms with Crippen molar-refractivity contribution in [1.82, 2.24) is 0 Å². The van der Waals surface area contributed by atoms with Crippen LogP contribution in [0.5, 0.6) is 0 Å². The van der Waals surface area contributed by atoms with Crippen LogP contribution in [0, 0.1) is 18.3 Å². The van der Waals surface area contributed by atoms with Gasteiger partial charge >= 0.3 is 0 Å². The summed E-state index contributed by atoms with van der Waals surface area (Å²) < 4.78 is 0. The number of aliphatic hydroxyl groups is 1. The minimum atomic E-state index is -0.0599. The van der Waals surface area contributed by atoms with E-state index in [0.717, 1.165) is 25.7 Å². The predicted octanol–water partition coefficient (Wildman–Crippen LogP) is 2.34. The molecule has 0 heterocycles. The lowest BCUT2D eigenvalue weighted by molar-refractivity contribution is 0.139. The molecule has 1 saturated carbocycles. The maximum Gasteiger partial charge on any atom is 0.0542 e. The van der Waals surface area contributed by atoms with Crippen molar-refractivity contribution in [3.63, 3.8) is 0 Å². The molecule has 0 spiro atoms. The van der Waals surface area contributed by atoms with Gasteiger partial charge in [0.1, 0.15) is 0 Å². The molecule has 1 fully saturated rings. The number of hydrogen-bond acceptors (Lipinski definition) is 1. The molecule has 68 valence electrons. The van der Waals surface area contributed by atoms with Crippen LogP contribution in [-0.4, -0.2) is 11.2 Å². The van der Waals surface area contributed by atoms with Crippen LogP contribution in [0.1, 0.15) is 44.9 Å². The van der Waals surface area contributed by atoms with Gasteiger partial charge in [0, 0.05) is 6.42 Å². The average Bonchev–Trinajstić information content (AvgIpc) is 2.26. The largest absolute Gasteiger partial charge is 0.393 e. The fourth-order valence-electron chi connectivity index (χ4n) is 1.98. The van der Waals surface area contributed by atoms with Crippen molar-refractivity contribution in [3.05, 3.63) is 0 Å². The first-order valence-corrected chi connectivity index (χ1v) is 4.94. The van der Waals surface area contributed by atoms with Crippen molar-refractivity contribution in [2.24, 2.45) is 5.92 Å². The lowest BCUT2D eigenvalue weighted by atomic mass is 9.94. The zero-order valence-corrected chi connectivity index (χ0v) is 7.63. The van der Waals surface area contributed by atoms with E-state index in [1.54, 1.807) is 0 Å². The number of rotatable bonds is 2. The normalized spacial score (nSPS) is 30.7. The van der Waals surface area contributed by atoms with Crippen molar-refractivity contribution < 1.29 is 5.11 Å². The Kier molecular flexibility index (Phi) is 4.18. The molecule has 0 amide bonds. The SMILES string of the molecule is C#CCCC1CCCCC(O)C1. The zero-order chi connectivity index (χ0) is 8.81. The average molecular weight is 166 g/mol. The molecular weight excluding hydrogens is 148 g/mol. The third kappa shape index (κ3) is 3.28. The number of hydrogen-bond donors (Lipinski definition) is 1. The third-order valence-electron chi connectivity index (χ3n) is 2.70. The van der Waals surface area contributed by atoms with Crippen molar-refractivity contribution >= 4 is 0 Å². The highest BCUT2D eigenvalue weighted by molar-refractivity contribution is 4.85. The molecule has 0 aromatic rings. The first-order chi connectivity index (χ1) is 5.83. The molecule has 0 aliphatic heterocycles. The summed E-state index contributed by atoms with van der Waals surface area (Å²) >= 11 is 0. The van der Waals surface area contributed by atoms with Gasteiger partial charge in [-0.2, -0.15) is 0 Å². The quantitative estimate of drug-likeness (QED) is 0.493. The van der Waals surface area contributed by atoms with Crippen LogP contribution in [0.3, 0.4) is 0 Å².